The smallest absolute Gasteiger partial charge is 0.150 e. The van der Waals surface area contributed by atoms with Crippen molar-refractivity contribution in [2.45, 2.75) is 71.8 Å². The van der Waals surface area contributed by atoms with Gasteiger partial charge in [0, 0.05) is 62.7 Å². The topological polar surface area (TPSA) is 36.0 Å². The van der Waals surface area contributed by atoms with E-state index < -0.39 is 0 Å². The Morgan fingerprint density at radius 1 is 1.03 bits per heavy atom. The molecule has 0 radical (unpaired) electrons. The maximum absolute atomic E-state index is 11.6. The lowest BCUT2D eigenvalue weighted by atomic mass is 9.93. The van der Waals surface area contributed by atoms with Gasteiger partial charge < -0.3 is 14.5 Å². The monoisotopic (exact) mass is 533 g/mol. The van der Waals surface area contributed by atoms with Crippen molar-refractivity contribution in [1.82, 2.24) is 9.80 Å². The summed E-state index contributed by atoms with van der Waals surface area (Å²) in [5.74, 6) is 0.442. The van der Waals surface area contributed by atoms with Gasteiger partial charge in [0.1, 0.15) is 6.29 Å². The maximum atomic E-state index is 11.6. The van der Waals surface area contributed by atoms with Crippen LogP contribution in [0.4, 0.5) is 5.69 Å². The fourth-order valence-corrected chi connectivity index (χ4v) is 5.09. The Kier molecular flexibility index (Phi) is 18.3. The molecule has 0 bridgehead atoms. The molecule has 1 rings (SSSR count). The molecule has 0 aromatic heterocycles. The van der Waals surface area contributed by atoms with Crippen LogP contribution in [-0.4, -0.2) is 81.7 Å². The number of hydrogen-bond donors (Lipinski definition) is 0. The van der Waals surface area contributed by atoms with Gasteiger partial charge in [0.2, 0.25) is 0 Å². The minimum Gasteiger partial charge on any atom is -0.383 e. The lowest BCUT2D eigenvalue weighted by Crippen LogP contribution is -2.41. The quantitative estimate of drug-likeness (QED) is 0.119. The Morgan fingerprint density at radius 2 is 1.81 bits per heavy atom. The molecule has 2 unspecified atom stereocenters. The van der Waals surface area contributed by atoms with Gasteiger partial charge in [-0.2, -0.15) is 0 Å². The normalized spacial score (nSPS) is 13.4. The van der Waals surface area contributed by atoms with Crippen molar-refractivity contribution >= 4 is 23.6 Å². The fraction of sp³-hybridized carbons (Fsp3) is 0.645. The van der Waals surface area contributed by atoms with Gasteiger partial charge >= 0.3 is 0 Å². The standard InChI is InChI=1S/C31H52ClN3O2/c1-7-10-19-35(31-25-29(26-36)13-14-30(31)27(4)12-8-2)22-21-34(28(5)15-16-32)20-11-18-33(17-9-3)23-24-37-6/h7,13-16,25-28H,1,8-12,17-24H2,2-6H3/b16-15+. The summed E-state index contributed by atoms with van der Waals surface area (Å²) in [4.78, 5) is 19.1. The predicted molar refractivity (Wildman–Crippen MR) is 161 cm³/mol. The Morgan fingerprint density at radius 3 is 2.43 bits per heavy atom. The molecule has 0 spiro atoms. The average Bonchev–Trinajstić information content (AvgIpc) is 2.90. The molecule has 0 aliphatic carbocycles. The number of rotatable bonds is 22. The second-order valence-corrected chi connectivity index (χ2v) is 10.2. The molecule has 1 aromatic carbocycles. The molecule has 37 heavy (non-hydrogen) atoms. The third-order valence-electron chi connectivity index (χ3n) is 7.04. The molecule has 0 N–H and O–H groups in total. The van der Waals surface area contributed by atoms with Crippen LogP contribution >= 0.6 is 11.6 Å². The van der Waals surface area contributed by atoms with Crippen molar-refractivity contribution in [3.63, 3.8) is 0 Å². The van der Waals surface area contributed by atoms with Gasteiger partial charge in [-0.05, 0) is 63.2 Å². The van der Waals surface area contributed by atoms with Crippen LogP contribution in [0.3, 0.4) is 0 Å². The summed E-state index contributed by atoms with van der Waals surface area (Å²) in [6, 6.07) is 6.42. The van der Waals surface area contributed by atoms with Gasteiger partial charge in [0.25, 0.3) is 0 Å². The number of nitrogens with zero attached hydrogens (tertiary/aromatic N) is 3. The SMILES string of the molecule is C=CCCN(CCN(CCCN(CCC)CCOC)C(C)/C=C/Cl)c1cc(C=O)ccc1C(C)CCC. The summed E-state index contributed by atoms with van der Waals surface area (Å²) in [5, 5.41) is 0. The van der Waals surface area contributed by atoms with E-state index in [1.807, 2.05) is 12.1 Å². The summed E-state index contributed by atoms with van der Waals surface area (Å²) in [6.45, 7) is 20.5. The van der Waals surface area contributed by atoms with E-state index in [4.69, 9.17) is 16.3 Å². The van der Waals surface area contributed by atoms with Crippen molar-refractivity contribution in [2.75, 3.05) is 64.4 Å². The van der Waals surface area contributed by atoms with E-state index in [2.05, 4.69) is 67.2 Å². The molecular weight excluding hydrogens is 482 g/mol. The molecule has 0 fully saturated rings. The molecule has 1 aromatic rings. The Hall–Kier alpha value is -1.66. The Bertz CT molecular complexity index is 786. The van der Waals surface area contributed by atoms with E-state index in [1.54, 1.807) is 12.6 Å². The summed E-state index contributed by atoms with van der Waals surface area (Å²) in [6.07, 6.45) is 10.4. The van der Waals surface area contributed by atoms with Gasteiger partial charge in [0.15, 0.2) is 0 Å². The molecule has 0 amide bonds. The van der Waals surface area contributed by atoms with E-state index in [1.165, 1.54) is 11.3 Å². The van der Waals surface area contributed by atoms with Crippen molar-refractivity contribution < 1.29 is 9.53 Å². The van der Waals surface area contributed by atoms with E-state index >= 15 is 0 Å². The molecule has 0 saturated carbocycles. The number of carbonyl (C=O) groups is 1. The lowest BCUT2D eigenvalue weighted by Gasteiger charge is -2.34. The highest BCUT2D eigenvalue weighted by Crippen LogP contribution is 2.31. The number of carbonyl (C=O) groups excluding carboxylic acids is 1. The van der Waals surface area contributed by atoms with Crippen LogP contribution in [0.5, 0.6) is 0 Å². The third-order valence-corrected chi connectivity index (χ3v) is 7.19. The van der Waals surface area contributed by atoms with Gasteiger partial charge in [-0.25, -0.2) is 0 Å². The van der Waals surface area contributed by atoms with Crippen molar-refractivity contribution in [1.29, 1.82) is 0 Å². The molecule has 2 atom stereocenters. The molecule has 5 nitrogen and oxygen atoms in total. The van der Waals surface area contributed by atoms with Gasteiger partial charge in [-0.3, -0.25) is 9.69 Å². The first-order chi connectivity index (χ1) is 17.9. The molecular formula is C31H52ClN3O2. The van der Waals surface area contributed by atoms with Crippen LogP contribution in [0.1, 0.15) is 81.6 Å². The second kappa shape index (κ2) is 20.3. The molecule has 6 heteroatoms. The third kappa shape index (κ3) is 12.6. The number of anilines is 1. The van der Waals surface area contributed by atoms with Gasteiger partial charge in [0.05, 0.1) is 6.61 Å². The number of methoxy groups -OCH3 is 1. The van der Waals surface area contributed by atoms with Crippen LogP contribution in [0, 0.1) is 0 Å². The molecule has 0 aliphatic rings. The zero-order valence-electron chi connectivity index (χ0n) is 24.1. The highest BCUT2D eigenvalue weighted by molar-refractivity contribution is 6.25. The molecule has 0 heterocycles. The van der Waals surface area contributed by atoms with Crippen LogP contribution < -0.4 is 4.90 Å². The average molecular weight is 534 g/mol. The van der Waals surface area contributed by atoms with Crippen LogP contribution in [0.25, 0.3) is 0 Å². The van der Waals surface area contributed by atoms with E-state index in [0.29, 0.717) is 5.92 Å². The number of halogens is 1. The number of hydrogen-bond acceptors (Lipinski definition) is 5. The van der Waals surface area contributed by atoms with Crippen molar-refractivity contribution in [3.8, 4) is 0 Å². The van der Waals surface area contributed by atoms with Crippen molar-refractivity contribution in [3.05, 3.63) is 53.6 Å². The molecule has 210 valence electrons. The number of aldehydes is 1. The minimum atomic E-state index is 0.247. The highest BCUT2D eigenvalue weighted by atomic mass is 35.5. The summed E-state index contributed by atoms with van der Waals surface area (Å²) >= 11 is 5.99. The van der Waals surface area contributed by atoms with E-state index in [-0.39, 0.29) is 6.04 Å². The van der Waals surface area contributed by atoms with E-state index in [0.717, 1.165) is 96.4 Å². The van der Waals surface area contributed by atoms with Crippen LogP contribution in [0.2, 0.25) is 0 Å². The number of ether oxygens (including phenoxy) is 1. The highest BCUT2D eigenvalue weighted by Gasteiger charge is 2.19. The first-order valence-electron chi connectivity index (χ1n) is 14.1. The second-order valence-electron chi connectivity index (χ2n) is 9.97. The van der Waals surface area contributed by atoms with E-state index in [9.17, 15) is 4.79 Å². The molecule has 0 aliphatic heterocycles. The molecule has 0 saturated heterocycles. The Labute approximate surface area is 232 Å². The van der Waals surface area contributed by atoms with Crippen molar-refractivity contribution in [2.24, 2.45) is 0 Å². The minimum absolute atomic E-state index is 0.247. The largest absolute Gasteiger partial charge is 0.383 e. The summed E-state index contributed by atoms with van der Waals surface area (Å²) < 4.78 is 5.30. The number of benzene rings is 1. The van der Waals surface area contributed by atoms with Gasteiger partial charge in [-0.15, -0.1) is 6.58 Å². The first-order valence-corrected chi connectivity index (χ1v) is 14.6. The Balaban J connectivity index is 3.07. The lowest BCUT2D eigenvalue weighted by molar-refractivity contribution is 0.112. The van der Waals surface area contributed by atoms with Gasteiger partial charge in [-0.1, -0.05) is 63.1 Å². The van der Waals surface area contributed by atoms with Crippen LogP contribution in [0.15, 0.2) is 42.5 Å². The van der Waals surface area contributed by atoms with Crippen LogP contribution in [-0.2, 0) is 4.74 Å². The zero-order valence-corrected chi connectivity index (χ0v) is 24.9. The fourth-order valence-electron chi connectivity index (χ4n) is 4.88. The zero-order chi connectivity index (χ0) is 27.5. The maximum Gasteiger partial charge on any atom is 0.150 e. The predicted octanol–water partition coefficient (Wildman–Crippen LogP) is 6.98. The summed E-state index contributed by atoms with van der Waals surface area (Å²) in [5.41, 5.74) is 4.87. The first kappa shape index (κ1) is 33.4. The summed E-state index contributed by atoms with van der Waals surface area (Å²) in [7, 11) is 1.77.